The van der Waals surface area contributed by atoms with E-state index >= 15 is 0 Å². The Hall–Kier alpha value is -0.160. The van der Waals surface area contributed by atoms with E-state index in [2.05, 4.69) is 107 Å². The molecule has 0 bridgehead atoms. The molecule has 2 heterocycles. The molecule has 41 heavy (non-hydrogen) atoms. The van der Waals surface area contributed by atoms with Crippen LogP contribution < -0.4 is 0 Å². The lowest BCUT2D eigenvalue weighted by Gasteiger charge is -2.49. The van der Waals surface area contributed by atoms with Gasteiger partial charge in [0.2, 0.25) is 0 Å². The molecule has 244 valence electrons. The van der Waals surface area contributed by atoms with Gasteiger partial charge in [0.05, 0.1) is 11.2 Å². The Balaban J connectivity index is 1.80. The minimum atomic E-state index is -0.129. The summed E-state index contributed by atoms with van der Waals surface area (Å²) in [5.41, 5.74) is -0.258. The fraction of sp³-hybridized carbons (Fsp3) is 1.00. The van der Waals surface area contributed by atoms with Gasteiger partial charge in [-0.15, -0.1) is 0 Å². The van der Waals surface area contributed by atoms with Gasteiger partial charge in [0, 0.05) is 24.2 Å². The van der Waals surface area contributed by atoms with Crippen molar-refractivity contribution in [3.05, 3.63) is 0 Å². The Bertz CT molecular complexity index is 623. The van der Waals surface area contributed by atoms with E-state index in [-0.39, 0.29) is 11.2 Å². The number of hydrogen-bond acceptors (Lipinski definition) is 4. The lowest BCUT2D eigenvalue weighted by molar-refractivity contribution is -0.297. The molecule has 2 rings (SSSR count). The highest BCUT2D eigenvalue weighted by atomic mass is 16.7. The van der Waals surface area contributed by atoms with Gasteiger partial charge in [0.15, 0.2) is 0 Å². The number of hydrogen-bond donors (Lipinski definition) is 0. The van der Waals surface area contributed by atoms with Gasteiger partial charge in [0.1, 0.15) is 0 Å². The average Bonchev–Trinajstić information content (AvgIpc) is 2.82. The van der Waals surface area contributed by atoms with Crippen LogP contribution in [0.2, 0.25) is 0 Å². The molecule has 0 N–H and O–H groups in total. The monoisotopic (exact) mass is 579 g/mol. The molecule has 0 aromatic carbocycles. The Morgan fingerprint density at radius 2 is 0.707 bits per heavy atom. The van der Waals surface area contributed by atoms with Gasteiger partial charge < -0.3 is 0 Å². The van der Waals surface area contributed by atoms with E-state index in [1.54, 1.807) is 0 Å². The van der Waals surface area contributed by atoms with Crippen LogP contribution in [0.1, 0.15) is 168 Å². The second kappa shape index (κ2) is 16.2. The molecule has 4 nitrogen and oxygen atoms in total. The average molecular weight is 579 g/mol. The molecule has 4 heteroatoms. The zero-order chi connectivity index (χ0) is 31.1. The molecule has 0 aromatic rings. The van der Waals surface area contributed by atoms with Crippen molar-refractivity contribution >= 4 is 0 Å². The molecule has 0 aliphatic carbocycles. The third-order valence-corrected chi connectivity index (χ3v) is 9.67. The van der Waals surface area contributed by atoms with Crippen LogP contribution in [-0.2, 0) is 9.68 Å². The van der Waals surface area contributed by atoms with Crippen LogP contribution in [0.15, 0.2) is 0 Å². The first-order valence-corrected chi connectivity index (χ1v) is 17.8. The smallest absolute Gasteiger partial charge is 0.0816 e. The van der Waals surface area contributed by atoms with Gasteiger partial charge in [-0.25, -0.2) is 0 Å². The van der Waals surface area contributed by atoms with Crippen molar-refractivity contribution in [1.29, 1.82) is 0 Å². The maximum Gasteiger partial charge on any atom is 0.0816 e. The zero-order valence-electron chi connectivity index (χ0n) is 30.3. The summed E-state index contributed by atoms with van der Waals surface area (Å²) >= 11 is 0. The van der Waals surface area contributed by atoms with Crippen molar-refractivity contribution in [1.82, 2.24) is 10.1 Å². The van der Waals surface area contributed by atoms with Crippen LogP contribution in [0, 0.1) is 35.5 Å². The summed E-state index contributed by atoms with van der Waals surface area (Å²) in [7, 11) is 0. The minimum absolute atomic E-state index is 0.129. The molecular weight excluding hydrogens is 504 g/mol. The highest BCUT2D eigenvalue weighted by Gasteiger charge is 2.42. The van der Waals surface area contributed by atoms with Crippen LogP contribution in [0.3, 0.4) is 0 Å². The summed E-state index contributed by atoms with van der Waals surface area (Å²) in [5, 5.41) is 4.86. The molecule has 4 unspecified atom stereocenters. The first-order valence-electron chi connectivity index (χ1n) is 17.8. The summed E-state index contributed by atoms with van der Waals surface area (Å²) < 4.78 is 0. The van der Waals surface area contributed by atoms with Gasteiger partial charge in [-0.1, -0.05) is 100 Å². The summed E-state index contributed by atoms with van der Waals surface area (Å²) in [5.74, 6) is 4.18. The standard InChI is InChI=1S/C37H74N2O2/c1-26(2)32-22-30(23-33(27(3)4)38(32)40-36(9,10)11)20-18-16-15-17-19-21-31-24-34(28(5)6)39(41-37(12,13)14)35(25-31)29(7)8/h26-35H,15-25H2,1-14H3. The highest BCUT2D eigenvalue weighted by Crippen LogP contribution is 2.40. The topological polar surface area (TPSA) is 24.9 Å². The zero-order valence-corrected chi connectivity index (χ0v) is 30.3. The fourth-order valence-electron chi connectivity index (χ4n) is 7.50. The third kappa shape index (κ3) is 12.4. The van der Waals surface area contributed by atoms with Crippen molar-refractivity contribution in [2.75, 3.05) is 0 Å². The Labute approximate surface area is 258 Å². The van der Waals surface area contributed by atoms with E-state index < -0.39 is 0 Å². The summed E-state index contributed by atoms with van der Waals surface area (Å²) in [6, 6.07) is 2.13. The number of piperidine rings is 2. The van der Waals surface area contributed by atoms with Crippen LogP contribution in [0.4, 0.5) is 0 Å². The molecule has 0 spiro atoms. The normalized spacial score (nSPS) is 29.4. The summed E-state index contributed by atoms with van der Waals surface area (Å²) in [6.45, 7) is 32.3. The van der Waals surface area contributed by atoms with E-state index in [4.69, 9.17) is 9.68 Å². The summed E-state index contributed by atoms with van der Waals surface area (Å²) in [4.78, 5) is 13.2. The van der Waals surface area contributed by atoms with E-state index in [9.17, 15) is 0 Å². The lowest BCUT2D eigenvalue weighted by Crippen LogP contribution is -2.55. The first-order chi connectivity index (χ1) is 18.9. The fourth-order valence-corrected chi connectivity index (χ4v) is 7.50. The lowest BCUT2D eigenvalue weighted by atomic mass is 9.77. The predicted molar refractivity (Wildman–Crippen MR) is 178 cm³/mol. The van der Waals surface area contributed by atoms with E-state index in [1.165, 1.54) is 70.6 Å². The Morgan fingerprint density at radius 3 is 0.927 bits per heavy atom. The van der Waals surface area contributed by atoms with Gasteiger partial charge in [0.25, 0.3) is 0 Å². The van der Waals surface area contributed by atoms with Gasteiger partial charge >= 0.3 is 0 Å². The SMILES string of the molecule is CC(C)C1CC(CCCCCCCC2CC(C(C)C)N(OC(C)(C)C)C(C(C)C)C2)CC(C(C)C)N1OC(C)(C)C. The van der Waals surface area contributed by atoms with Crippen LogP contribution in [0.5, 0.6) is 0 Å². The molecule has 2 fully saturated rings. The number of nitrogens with zero attached hydrogens (tertiary/aromatic N) is 2. The van der Waals surface area contributed by atoms with Crippen LogP contribution >= 0.6 is 0 Å². The van der Waals surface area contributed by atoms with Crippen LogP contribution in [0.25, 0.3) is 0 Å². The highest BCUT2D eigenvalue weighted by molar-refractivity contribution is 4.90. The van der Waals surface area contributed by atoms with Crippen molar-refractivity contribution in [3.8, 4) is 0 Å². The molecule has 0 radical (unpaired) electrons. The van der Waals surface area contributed by atoms with Crippen LogP contribution in [-0.4, -0.2) is 45.5 Å². The van der Waals surface area contributed by atoms with E-state index in [0.29, 0.717) is 47.8 Å². The van der Waals surface area contributed by atoms with Crippen molar-refractivity contribution in [2.24, 2.45) is 35.5 Å². The second-order valence-electron chi connectivity index (χ2n) is 17.4. The molecule has 0 aromatic heterocycles. The maximum absolute atomic E-state index is 6.58. The van der Waals surface area contributed by atoms with Gasteiger partial charge in [-0.2, -0.15) is 10.1 Å². The minimum Gasteiger partial charge on any atom is -0.293 e. The van der Waals surface area contributed by atoms with Crippen molar-refractivity contribution in [3.63, 3.8) is 0 Å². The van der Waals surface area contributed by atoms with E-state index in [1.807, 2.05) is 0 Å². The number of unbranched alkanes of at least 4 members (excludes halogenated alkanes) is 4. The quantitative estimate of drug-likeness (QED) is 0.191. The first kappa shape index (κ1) is 37.0. The molecular formula is C37H74N2O2. The van der Waals surface area contributed by atoms with Gasteiger partial charge in [-0.3, -0.25) is 9.68 Å². The van der Waals surface area contributed by atoms with E-state index in [0.717, 1.165) is 11.8 Å². The molecule has 4 atom stereocenters. The molecule has 0 amide bonds. The Morgan fingerprint density at radius 1 is 0.463 bits per heavy atom. The maximum atomic E-state index is 6.58. The molecule has 2 aliphatic rings. The molecule has 2 saturated heterocycles. The molecule has 0 saturated carbocycles. The van der Waals surface area contributed by atoms with Crippen molar-refractivity contribution < 1.29 is 9.68 Å². The number of hydroxylamine groups is 4. The predicted octanol–water partition coefficient (Wildman–Crippen LogP) is 10.7. The third-order valence-electron chi connectivity index (χ3n) is 9.67. The largest absolute Gasteiger partial charge is 0.293 e. The Kier molecular flexibility index (Phi) is 14.7. The number of rotatable bonds is 14. The summed E-state index contributed by atoms with van der Waals surface area (Å²) in [6.07, 6.45) is 15.0. The molecule has 2 aliphatic heterocycles. The van der Waals surface area contributed by atoms with Gasteiger partial charge in [-0.05, 0) is 103 Å². The van der Waals surface area contributed by atoms with Crippen molar-refractivity contribution in [2.45, 2.75) is 203 Å². The second-order valence-corrected chi connectivity index (χ2v) is 17.4.